The summed E-state index contributed by atoms with van der Waals surface area (Å²) in [6.45, 7) is 9.82. The van der Waals surface area contributed by atoms with Crippen molar-refractivity contribution in [3.63, 3.8) is 0 Å². The highest BCUT2D eigenvalue weighted by molar-refractivity contribution is 6.09. The number of carbonyl (C=O) groups is 1. The van der Waals surface area contributed by atoms with Gasteiger partial charge in [0.1, 0.15) is 11.6 Å². The lowest BCUT2D eigenvalue weighted by Gasteiger charge is -2.28. The largest absolute Gasteiger partial charge is 0.383 e. The highest BCUT2D eigenvalue weighted by Crippen LogP contribution is 2.24. The molecule has 0 aliphatic carbocycles. The van der Waals surface area contributed by atoms with Crippen LogP contribution in [-0.4, -0.2) is 50.5 Å². The van der Waals surface area contributed by atoms with Gasteiger partial charge in [-0.1, -0.05) is 0 Å². The van der Waals surface area contributed by atoms with E-state index < -0.39 is 5.91 Å². The van der Waals surface area contributed by atoms with Crippen LogP contribution < -0.4 is 10.2 Å². The topological polar surface area (TPSA) is 79.5 Å². The molecule has 31 heavy (non-hydrogen) atoms. The van der Waals surface area contributed by atoms with E-state index in [0.29, 0.717) is 12.3 Å². The average molecular weight is 423 g/mol. The number of carbonyl (C=O) groups excluding carboxylic acids is 1. The number of methoxy groups -OCH3 is 1. The van der Waals surface area contributed by atoms with Gasteiger partial charge in [-0.3, -0.25) is 4.79 Å². The number of aryl methyl sites for hydroxylation is 1. The van der Waals surface area contributed by atoms with E-state index in [-0.39, 0.29) is 11.6 Å². The third kappa shape index (κ3) is 5.35. The number of hydrogen-bond acceptors (Lipinski definition) is 5. The van der Waals surface area contributed by atoms with E-state index in [1.807, 2.05) is 50.2 Å². The van der Waals surface area contributed by atoms with Gasteiger partial charge in [0.25, 0.3) is 5.91 Å². The molecular formula is C24H30N4O3. The molecule has 0 saturated carbocycles. The highest BCUT2D eigenvalue weighted by Gasteiger charge is 2.16. The number of amides is 1. The lowest BCUT2D eigenvalue weighted by Crippen LogP contribution is -2.36. The van der Waals surface area contributed by atoms with Crippen LogP contribution in [0.3, 0.4) is 0 Å². The van der Waals surface area contributed by atoms with Gasteiger partial charge in [-0.2, -0.15) is 5.26 Å². The van der Waals surface area contributed by atoms with Crippen molar-refractivity contribution in [3.05, 3.63) is 52.9 Å². The first-order chi connectivity index (χ1) is 14.9. The Balaban J connectivity index is 1.74. The minimum atomic E-state index is -0.420. The lowest BCUT2D eigenvalue weighted by molar-refractivity contribution is -0.112. The maximum atomic E-state index is 12.7. The summed E-state index contributed by atoms with van der Waals surface area (Å²) in [5.74, 6) is -0.420. The summed E-state index contributed by atoms with van der Waals surface area (Å²) in [5, 5.41) is 12.4. The van der Waals surface area contributed by atoms with Crippen molar-refractivity contribution in [2.24, 2.45) is 0 Å². The van der Waals surface area contributed by atoms with Crippen LogP contribution in [0.1, 0.15) is 29.9 Å². The van der Waals surface area contributed by atoms with E-state index in [0.717, 1.165) is 48.9 Å². The van der Waals surface area contributed by atoms with Crippen molar-refractivity contribution in [2.75, 3.05) is 50.2 Å². The van der Waals surface area contributed by atoms with E-state index in [1.54, 1.807) is 13.2 Å². The van der Waals surface area contributed by atoms with Crippen LogP contribution in [0.5, 0.6) is 0 Å². The summed E-state index contributed by atoms with van der Waals surface area (Å²) in [7, 11) is 1.68. The van der Waals surface area contributed by atoms with Crippen LogP contribution in [0.15, 0.2) is 35.9 Å². The van der Waals surface area contributed by atoms with Gasteiger partial charge in [0.2, 0.25) is 0 Å². The normalized spacial score (nSPS) is 15.5. The lowest BCUT2D eigenvalue weighted by atomic mass is 10.1. The molecular weight excluding hydrogens is 392 g/mol. The predicted molar refractivity (Wildman–Crippen MR) is 122 cm³/mol. The van der Waals surface area contributed by atoms with E-state index in [4.69, 9.17) is 9.47 Å². The molecule has 3 rings (SSSR count). The van der Waals surface area contributed by atoms with E-state index >= 15 is 0 Å². The van der Waals surface area contributed by atoms with Crippen LogP contribution in [0.4, 0.5) is 11.4 Å². The number of nitrogens with one attached hydrogen (secondary N) is 1. The second-order valence-corrected chi connectivity index (χ2v) is 7.77. The molecule has 164 valence electrons. The van der Waals surface area contributed by atoms with Crippen molar-refractivity contribution in [2.45, 2.75) is 26.8 Å². The standard InChI is InChI=1S/C24H30N4O3/c1-17-13-20(19(3)28(17)18(2)16-30-4)14-21(15-25)24(29)26-22-5-7-23(8-6-22)27-9-11-31-12-10-27/h5-8,13-14,18H,9-12,16H2,1-4H3,(H,26,29)/b21-14+. The molecule has 1 unspecified atom stereocenters. The van der Waals surface area contributed by atoms with E-state index in [2.05, 4.69) is 21.7 Å². The molecule has 1 fully saturated rings. The molecule has 1 aromatic heterocycles. The SMILES string of the molecule is COCC(C)n1c(C)cc(/C=C(\C#N)C(=O)Nc2ccc(N3CCOCC3)cc2)c1C. The van der Waals surface area contributed by atoms with Gasteiger partial charge < -0.3 is 24.3 Å². The number of aromatic nitrogens is 1. The Labute approximate surface area is 183 Å². The van der Waals surface area contributed by atoms with Crippen LogP contribution in [0.2, 0.25) is 0 Å². The smallest absolute Gasteiger partial charge is 0.266 e. The van der Waals surface area contributed by atoms with Crippen LogP contribution in [0.25, 0.3) is 6.08 Å². The zero-order valence-corrected chi connectivity index (χ0v) is 18.6. The Bertz CT molecular complexity index is 979. The van der Waals surface area contributed by atoms with Gasteiger partial charge in [-0.05, 0) is 62.7 Å². The van der Waals surface area contributed by atoms with Gasteiger partial charge in [-0.15, -0.1) is 0 Å². The fraction of sp³-hybridized carbons (Fsp3) is 0.417. The number of benzene rings is 1. The molecule has 1 N–H and O–H groups in total. The predicted octanol–water partition coefficient (Wildman–Crippen LogP) is 3.69. The van der Waals surface area contributed by atoms with Crippen LogP contribution in [0, 0.1) is 25.2 Å². The van der Waals surface area contributed by atoms with Crippen molar-refractivity contribution < 1.29 is 14.3 Å². The fourth-order valence-electron chi connectivity index (χ4n) is 4.02. The van der Waals surface area contributed by atoms with Crippen molar-refractivity contribution in [1.29, 1.82) is 5.26 Å². The van der Waals surface area contributed by atoms with E-state index in [9.17, 15) is 10.1 Å². The molecule has 0 bridgehead atoms. The Morgan fingerprint density at radius 2 is 1.97 bits per heavy atom. The Morgan fingerprint density at radius 3 is 2.58 bits per heavy atom. The summed E-state index contributed by atoms with van der Waals surface area (Å²) in [5.41, 5.74) is 4.73. The zero-order chi connectivity index (χ0) is 22.4. The molecule has 1 aliphatic heterocycles. The van der Waals surface area contributed by atoms with E-state index in [1.165, 1.54) is 0 Å². The monoisotopic (exact) mass is 422 g/mol. The van der Waals surface area contributed by atoms with Crippen LogP contribution in [-0.2, 0) is 14.3 Å². The number of rotatable bonds is 7. The van der Waals surface area contributed by atoms with Crippen molar-refractivity contribution in [1.82, 2.24) is 4.57 Å². The third-order valence-electron chi connectivity index (χ3n) is 5.54. The Morgan fingerprint density at radius 1 is 1.29 bits per heavy atom. The summed E-state index contributed by atoms with van der Waals surface area (Å²) >= 11 is 0. The summed E-state index contributed by atoms with van der Waals surface area (Å²) in [4.78, 5) is 15.0. The van der Waals surface area contributed by atoms with Crippen molar-refractivity contribution in [3.8, 4) is 6.07 Å². The molecule has 2 aromatic rings. The zero-order valence-electron chi connectivity index (χ0n) is 18.6. The number of ether oxygens (including phenoxy) is 2. The molecule has 0 radical (unpaired) electrons. The fourth-order valence-corrected chi connectivity index (χ4v) is 4.02. The quantitative estimate of drug-likeness (QED) is 0.544. The summed E-state index contributed by atoms with van der Waals surface area (Å²) < 4.78 is 12.8. The molecule has 1 aliphatic rings. The molecule has 1 saturated heterocycles. The first-order valence-electron chi connectivity index (χ1n) is 10.5. The Kier molecular flexibility index (Phi) is 7.50. The number of nitriles is 1. The molecule has 0 spiro atoms. The van der Waals surface area contributed by atoms with Crippen LogP contribution >= 0.6 is 0 Å². The number of morpholine rings is 1. The molecule has 1 amide bonds. The van der Waals surface area contributed by atoms with Gasteiger partial charge >= 0.3 is 0 Å². The van der Waals surface area contributed by atoms with Gasteiger partial charge in [0.05, 0.1) is 25.9 Å². The summed E-state index contributed by atoms with van der Waals surface area (Å²) in [6.07, 6.45) is 1.65. The van der Waals surface area contributed by atoms with Gasteiger partial charge in [-0.25, -0.2) is 0 Å². The maximum Gasteiger partial charge on any atom is 0.266 e. The first-order valence-corrected chi connectivity index (χ1v) is 10.5. The minimum absolute atomic E-state index is 0.0666. The molecule has 7 nitrogen and oxygen atoms in total. The number of nitrogens with zero attached hydrogens (tertiary/aromatic N) is 3. The number of hydrogen-bond donors (Lipinski definition) is 1. The molecule has 1 aromatic carbocycles. The molecule has 2 heterocycles. The van der Waals surface area contributed by atoms with Gasteiger partial charge in [0.15, 0.2) is 0 Å². The second kappa shape index (κ2) is 10.3. The first kappa shape index (κ1) is 22.6. The van der Waals surface area contributed by atoms with Crippen molar-refractivity contribution >= 4 is 23.4 Å². The summed E-state index contributed by atoms with van der Waals surface area (Å²) in [6, 6.07) is 11.9. The second-order valence-electron chi connectivity index (χ2n) is 7.77. The van der Waals surface area contributed by atoms with Gasteiger partial charge in [0, 0.05) is 43.0 Å². The Hall–Kier alpha value is -3.08. The highest BCUT2D eigenvalue weighted by atomic mass is 16.5. The maximum absolute atomic E-state index is 12.7. The molecule has 7 heteroatoms. The average Bonchev–Trinajstić information content (AvgIpc) is 3.06. The number of anilines is 2. The third-order valence-corrected chi connectivity index (χ3v) is 5.54. The molecule has 1 atom stereocenters. The minimum Gasteiger partial charge on any atom is -0.383 e.